The van der Waals surface area contributed by atoms with Crippen molar-refractivity contribution in [2.24, 2.45) is 0 Å². The Hall–Kier alpha value is -1.07. The summed E-state index contributed by atoms with van der Waals surface area (Å²) >= 11 is 6.98. The van der Waals surface area contributed by atoms with E-state index in [-0.39, 0.29) is 11.0 Å². The average Bonchev–Trinajstić information content (AvgIpc) is 2.29. The molecule has 1 heterocycles. The average molecular weight is 288 g/mol. The van der Waals surface area contributed by atoms with Gasteiger partial charge in [0.15, 0.2) is 10.9 Å². The summed E-state index contributed by atoms with van der Waals surface area (Å²) in [6.45, 7) is 4.57. The van der Waals surface area contributed by atoms with Crippen LogP contribution in [0, 0.1) is 6.92 Å². The molecule has 0 aliphatic heterocycles. The van der Waals surface area contributed by atoms with E-state index in [1.54, 1.807) is 13.1 Å². The Morgan fingerprint density at radius 1 is 1.44 bits per heavy atom. The fourth-order valence-electron chi connectivity index (χ4n) is 1.40. The van der Waals surface area contributed by atoms with Crippen LogP contribution in [0.2, 0.25) is 0 Å². The molecule has 0 atom stereocenters. The van der Waals surface area contributed by atoms with Gasteiger partial charge in [-0.25, -0.2) is 0 Å². The second-order valence-corrected chi connectivity index (χ2v) is 5.10. The zero-order valence-corrected chi connectivity index (χ0v) is 12.0. The Labute approximate surface area is 115 Å². The molecule has 1 aromatic heterocycles. The quantitative estimate of drug-likeness (QED) is 0.629. The van der Waals surface area contributed by atoms with Gasteiger partial charge >= 0.3 is 5.97 Å². The molecule has 0 spiro atoms. The van der Waals surface area contributed by atoms with Crippen molar-refractivity contribution in [3.05, 3.63) is 23.0 Å². The molecular formula is C12H14ClNO3S. The summed E-state index contributed by atoms with van der Waals surface area (Å²) < 4.78 is 5.17. The molecule has 0 aliphatic carbocycles. The molecule has 0 fully saturated rings. The highest BCUT2D eigenvalue weighted by molar-refractivity contribution is 8.12. The van der Waals surface area contributed by atoms with Crippen molar-refractivity contribution in [2.75, 3.05) is 0 Å². The van der Waals surface area contributed by atoms with Crippen LogP contribution in [0.25, 0.3) is 0 Å². The number of aromatic nitrogens is 1. The molecule has 0 bridgehead atoms. The van der Waals surface area contributed by atoms with Gasteiger partial charge in [-0.05, 0) is 12.5 Å². The number of ether oxygens (including phenoxy) is 1. The number of rotatable bonds is 4. The summed E-state index contributed by atoms with van der Waals surface area (Å²) in [6, 6.07) is 0. The maximum atomic E-state index is 11.1. The predicted octanol–water partition coefficient (Wildman–Crippen LogP) is 2.83. The third-order valence-electron chi connectivity index (χ3n) is 2.21. The van der Waals surface area contributed by atoms with E-state index in [0.29, 0.717) is 17.2 Å². The van der Waals surface area contributed by atoms with Gasteiger partial charge in [0, 0.05) is 37.2 Å². The lowest BCUT2D eigenvalue weighted by molar-refractivity contribution is -0.132. The Kier molecular flexibility index (Phi) is 5.62. The standard InChI is InChI=1S/C12H14ClNO3S/c1-7-12(17-8(2)15)11(6-18-9(3)16)10(4-13)5-14-7/h5H,4,6H2,1-3H3. The lowest BCUT2D eigenvalue weighted by Gasteiger charge is -2.13. The number of hydrogen-bond acceptors (Lipinski definition) is 5. The SMILES string of the molecule is CC(=O)Oc1c(C)ncc(CCl)c1CSC(C)=O. The molecule has 0 saturated heterocycles. The summed E-state index contributed by atoms with van der Waals surface area (Å²) in [5, 5.41) is -0.00115. The number of thioether (sulfide) groups is 1. The molecule has 0 aliphatic rings. The van der Waals surface area contributed by atoms with Gasteiger partial charge in [0.2, 0.25) is 0 Å². The van der Waals surface area contributed by atoms with E-state index in [2.05, 4.69) is 4.98 Å². The Morgan fingerprint density at radius 2 is 2.11 bits per heavy atom. The summed E-state index contributed by atoms with van der Waals surface area (Å²) in [7, 11) is 0. The van der Waals surface area contributed by atoms with Crippen LogP contribution in [0.15, 0.2) is 6.20 Å². The van der Waals surface area contributed by atoms with Gasteiger partial charge < -0.3 is 4.74 Å². The van der Waals surface area contributed by atoms with Gasteiger partial charge in [0.05, 0.1) is 5.69 Å². The molecule has 1 rings (SSSR count). The van der Waals surface area contributed by atoms with E-state index in [9.17, 15) is 9.59 Å². The van der Waals surface area contributed by atoms with Crippen LogP contribution in [0.1, 0.15) is 30.7 Å². The summed E-state index contributed by atoms with van der Waals surface area (Å²) in [6.07, 6.45) is 1.64. The first-order valence-corrected chi connectivity index (χ1v) is 6.82. The summed E-state index contributed by atoms with van der Waals surface area (Å²) in [5.74, 6) is 0.675. The van der Waals surface area contributed by atoms with Gasteiger partial charge in [0.25, 0.3) is 0 Å². The third kappa shape index (κ3) is 3.99. The van der Waals surface area contributed by atoms with E-state index in [0.717, 1.165) is 22.9 Å². The van der Waals surface area contributed by atoms with Crippen molar-refractivity contribution in [3.63, 3.8) is 0 Å². The number of carbonyl (C=O) groups excluding carboxylic acids is 2. The van der Waals surface area contributed by atoms with Crippen LogP contribution in [0.5, 0.6) is 5.75 Å². The second-order valence-electron chi connectivity index (χ2n) is 3.68. The number of aryl methyl sites for hydroxylation is 1. The lowest BCUT2D eigenvalue weighted by atomic mass is 10.1. The van der Waals surface area contributed by atoms with Gasteiger partial charge in [-0.2, -0.15) is 0 Å². The number of esters is 1. The predicted molar refractivity (Wildman–Crippen MR) is 71.8 cm³/mol. The number of pyridine rings is 1. The van der Waals surface area contributed by atoms with E-state index in [1.807, 2.05) is 0 Å². The molecule has 0 amide bonds. The minimum Gasteiger partial charge on any atom is -0.424 e. The van der Waals surface area contributed by atoms with Crippen LogP contribution in [0.4, 0.5) is 0 Å². The number of hydrogen-bond donors (Lipinski definition) is 0. The minimum absolute atomic E-state index is 0.00115. The maximum Gasteiger partial charge on any atom is 0.308 e. The highest BCUT2D eigenvalue weighted by atomic mass is 35.5. The van der Waals surface area contributed by atoms with Crippen LogP contribution < -0.4 is 4.74 Å². The van der Waals surface area contributed by atoms with Gasteiger partial charge in [0.1, 0.15) is 0 Å². The van der Waals surface area contributed by atoms with E-state index in [4.69, 9.17) is 16.3 Å². The molecule has 98 valence electrons. The van der Waals surface area contributed by atoms with Crippen molar-refractivity contribution >= 4 is 34.4 Å². The zero-order valence-electron chi connectivity index (χ0n) is 10.4. The fraction of sp³-hybridized carbons (Fsp3) is 0.417. The zero-order chi connectivity index (χ0) is 13.7. The van der Waals surface area contributed by atoms with Crippen molar-refractivity contribution in [2.45, 2.75) is 32.4 Å². The van der Waals surface area contributed by atoms with Crippen LogP contribution >= 0.6 is 23.4 Å². The van der Waals surface area contributed by atoms with Gasteiger partial charge in [-0.1, -0.05) is 11.8 Å². The molecule has 0 radical (unpaired) electrons. The number of nitrogens with zero attached hydrogens (tertiary/aromatic N) is 1. The van der Waals surface area contributed by atoms with Crippen LogP contribution in [-0.4, -0.2) is 16.1 Å². The summed E-state index contributed by atoms with van der Waals surface area (Å²) in [4.78, 5) is 26.3. The highest BCUT2D eigenvalue weighted by Gasteiger charge is 2.16. The van der Waals surface area contributed by atoms with Gasteiger partial charge in [-0.3, -0.25) is 14.6 Å². The Morgan fingerprint density at radius 3 is 2.61 bits per heavy atom. The molecule has 0 N–H and O–H groups in total. The monoisotopic (exact) mass is 287 g/mol. The molecule has 0 saturated carbocycles. The van der Waals surface area contributed by atoms with E-state index >= 15 is 0 Å². The lowest BCUT2D eigenvalue weighted by Crippen LogP contribution is -2.08. The van der Waals surface area contributed by atoms with Crippen molar-refractivity contribution in [3.8, 4) is 5.75 Å². The molecule has 0 aromatic carbocycles. The van der Waals surface area contributed by atoms with Crippen LogP contribution in [-0.2, 0) is 21.2 Å². The highest BCUT2D eigenvalue weighted by Crippen LogP contribution is 2.30. The summed E-state index contributed by atoms with van der Waals surface area (Å²) in [5.41, 5.74) is 2.14. The molecule has 4 nitrogen and oxygen atoms in total. The van der Waals surface area contributed by atoms with E-state index in [1.165, 1.54) is 13.8 Å². The molecule has 18 heavy (non-hydrogen) atoms. The molecule has 1 aromatic rings. The largest absolute Gasteiger partial charge is 0.424 e. The third-order valence-corrected chi connectivity index (χ3v) is 3.34. The smallest absolute Gasteiger partial charge is 0.308 e. The van der Waals surface area contributed by atoms with Gasteiger partial charge in [-0.15, -0.1) is 11.6 Å². The second kappa shape index (κ2) is 6.75. The normalized spacial score (nSPS) is 10.2. The Bertz CT molecular complexity index is 477. The first kappa shape index (κ1) is 15.0. The van der Waals surface area contributed by atoms with Crippen molar-refractivity contribution in [1.82, 2.24) is 4.98 Å². The first-order valence-electron chi connectivity index (χ1n) is 5.30. The van der Waals surface area contributed by atoms with E-state index < -0.39 is 5.97 Å². The van der Waals surface area contributed by atoms with Crippen molar-refractivity contribution in [1.29, 1.82) is 0 Å². The molecule has 0 unspecified atom stereocenters. The first-order chi connectivity index (χ1) is 8.45. The number of halogens is 1. The maximum absolute atomic E-state index is 11.1. The minimum atomic E-state index is -0.416. The number of alkyl halides is 1. The fourth-order valence-corrected chi connectivity index (χ4v) is 2.30. The number of carbonyl (C=O) groups is 2. The molecular weight excluding hydrogens is 274 g/mol. The molecule has 6 heteroatoms. The van der Waals surface area contributed by atoms with Crippen LogP contribution in [0.3, 0.4) is 0 Å². The van der Waals surface area contributed by atoms with Crippen molar-refractivity contribution < 1.29 is 14.3 Å². The Balaban J connectivity index is 3.17. The topological polar surface area (TPSA) is 56.3 Å².